The van der Waals surface area contributed by atoms with Crippen molar-refractivity contribution in [3.05, 3.63) is 47.5 Å². The predicted octanol–water partition coefficient (Wildman–Crippen LogP) is -0.832. The van der Waals surface area contributed by atoms with Gasteiger partial charge in [0.1, 0.15) is 24.0 Å². The first kappa shape index (κ1) is 21.0. The molecule has 148 valence electrons. The first-order chi connectivity index (χ1) is 12.7. The second-order valence-electron chi connectivity index (χ2n) is 5.98. The lowest BCUT2D eigenvalue weighted by atomic mass is 10.1. The Morgan fingerprint density at radius 3 is 2.48 bits per heavy atom. The number of benzene rings is 1. The van der Waals surface area contributed by atoms with Crippen LogP contribution in [0.1, 0.15) is 30.1 Å². The third-order valence-corrected chi connectivity index (χ3v) is 5.05. The van der Waals surface area contributed by atoms with Gasteiger partial charge < -0.3 is 25.4 Å². The zero-order chi connectivity index (χ0) is 20.2. The molecule has 0 fully saturated rings. The Kier molecular flexibility index (Phi) is 6.68. The van der Waals surface area contributed by atoms with Crippen LogP contribution in [0.25, 0.3) is 0 Å². The second-order valence-corrected chi connectivity index (χ2v) is 7.64. The molecule has 0 unspecified atom stereocenters. The van der Waals surface area contributed by atoms with Crippen molar-refractivity contribution in [3.63, 3.8) is 0 Å². The normalized spacial score (nSPS) is 16.0. The van der Waals surface area contributed by atoms with Crippen LogP contribution in [0, 0.1) is 6.92 Å². The predicted molar refractivity (Wildman–Crippen MR) is 96.4 cm³/mol. The zero-order valence-electron chi connectivity index (χ0n) is 14.7. The Balaban J connectivity index is 2.12. The van der Waals surface area contributed by atoms with E-state index in [1.807, 2.05) is 6.92 Å². The summed E-state index contributed by atoms with van der Waals surface area (Å²) in [6, 6.07) is 6.24. The van der Waals surface area contributed by atoms with E-state index in [0.717, 1.165) is 5.56 Å². The van der Waals surface area contributed by atoms with Gasteiger partial charge in [0.25, 0.3) is 10.0 Å². The molecule has 1 aromatic heterocycles. The van der Waals surface area contributed by atoms with Gasteiger partial charge in [-0.05, 0) is 26.0 Å². The number of hydrazone groups is 1. The second kappa shape index (κ2) is 8.59. The van der Waals surface area contributed by atoms with Crippen LogP contribution in [-0.2, 0) is 10.0 Å². The maximum Gasteiger partial charge on any atom is 0.276 e. The van der Waals surface area contributed by atoms with E-state index in [2.05, 4.69) is 19.9 Å². The lowest BCUT2D eigenvalue weighted by Crippen LogP contribution is -2.34. The van der Waals surface area contributed by atoms with E-state index in [4.69, 9.17) is 5.11 Å². The summed E-state index contributed by atoms with van der Waals surface area (Å²) >= 11 is 0. The van der Waals surface area contributed by atoms with Gasteiger partial charge in [-0.2, -0.15) is 18.4 Å². The number of hydrogen-bond donors (Lipinski definition) is 6. The molecule has 0 saturated heterocycles. The number of H-pyrrole nitrogens is 1. The molecule has 1 aromatic carbocycles. The van der Waals surface area contributed by atoms with Gasteiger partial charge in [0.15, 0.2) is 5.82 Å². The molecule has 0 aliphatic heterocycles. The number of hydrogen-bond acceptors (Lipinski definition) is 8. The third kappa shape index (κ3) is 5.11. The van der Waals surface area contributed by atoms with Crippen molar-refractivity contribution in [3.8, 4) is 0 Å². The van der Waals surface area contributed by atoms with E-state index in [-0.39, 0.29) is 22.1 Å². The summed E-state index contributed by atoms with van der Waals surface area (Å²) in [5.74, 6) is 0.154. The molecule has 0 bridgehead atoms. The van der Waals surface area contributed by atoms with Gasteiger partial charge in [-0.25, -0.2) is 4.98 Å². The topological polar surface area (TPSA) is 168 Å². The zero-order valence-corrected chi connectivity index (χ0v) is 15.6. The summed E-state index contributed by atoms with van der Waals surface area (Å²) in [6.07, 6.45) is -3.46. The molecule has 2 rings (SSSR count). The molecule has 11 heteroatoms. The monoisotopic (exact) mass is 398 g/mol. The fourth-order valence-corrected chi connectivity index (χ4v) is 2.98. The fraction of sp³-hybridized carbons (Fsp3) is 0.375. The van der Waals surface area contributed by atoms with Crippen molar-refractivity contribution in [2.45, 2.75) is 37.1 Å². The number of aromatic amines is 1. The van der Waals surface area contributed by atoms with E-state index in [0.29, 0.717) is 0 Å². The molecule has 2 aromatic rings. The Morgan fingerprint density at radius 2 is 1.89 bits per heavy atom. The molecule has 6 N–H and O–H groups in total. The summed E-state index contributed by atoms with van der Waals surface area (Å²) in [5.41, 5.74) is 1.17. The van der Waals surface area contributed by atoms with Gasteiger partial charge in [0.2, 0.25) is 0 Å². The number of sulfonamides is 1. The Morgan fingerprint density at radius 1 is 1.26 bits per heavy atom. The van der Waals surface area contributed by atoms with Crippen molar-refractivity contribution >= 4 is 15.7 Å². The van der Waals surface area contributed by atoms with Crippen LogP contribution in [0.3, 0.4) is 0 Å². The van der Waals surface area contributed by atoms with Crippen LogP contribution < -0.4 is 4.83 Å². The van der Waals surface area contributed by atoms with Gasteiger partial charge in [0, 0.05) is 0 Å². The first-order valence-corrected chi connectivity index (χ1v) is 9.47. The first-order valence-electron chi connectivity index (χ1n) is 7.99. The van der Waals surface area contributed by atoms with E-state index in [1.165, 1.54) is 25.3 Å². The molecule has 1 heterocycles. The minimum atomic E-state index is -3.85. The Labute approximate surface area is 156 Å². The van der Waals surface area contributed by atoms with Crippen LogP contribution in [-0.4, -0.2) is 63.3 Å². The highest BCUT2D eigenvalue weighted by Gasteiger charge is 2.27. The number of aromatic nitrogens is 2. The number of aryl methyl sites for hydroxylation is 1. The highest BCUT2D eigenvalue weighted by atomic mass is 32.2. The molecular weight excluding hydrogens is 376 g/mol. The summed E-state index contributed by atoms with van der Waals surface area (Å²) in [7, 11) is -3.85. The van der Waals surface area contributed by atoms with Crippen LogP contribution in [0.5, 0.6) is 0 Å². The highest BCUT2D eigenvalue weighted by Crippen LogP contribution is 2.17. The summed E-state index contributed by atoms with van der Waals surface area (Å²) in [6.45, 7) is 2.61. The smallest absolute Gasteiger partial charge is 0.276 e. The Bertz CT molecular complexity index is 894. The van der Waals surface area contributed by atoms with Crippen molar-refractivity contribution in [1.82, 2.24) is 14.8 Å². The molecule has 0 amide bonds. The molecule has 27 heavy (non-hydrogen) atoms. The largest absolute Gasteiger partial charge is 0.394 e. The van der Waals surface area contributed by atoms with Crippen molar-refractivity contribution in [2.75, 3.05) is 6.61 Å². The molecular formula is C16H22N4O6S. The lowest BCUT2D eigenvalue weighted by molar-refractivity contribution is -0.0788. The third-order valence-electron chi connectivity index (χ3n) is 3.83. The van der Waals surface area contributed by atoms with E-state index >= 15 is 0 Å². The number of nitrogens with one attached hydrogen (secondary N) is 2. The quantitative estimate of drug-likeness (QED) is 0.249. The minimum Gasteiger partial charge on any atom is -0.394 e. The molecule has 0 saturated carbocycles. The molecule has 0 aliphatic rings. The number of aliphatic hydroxyl groups is 4. The average Bonchev–Trinajstić information content (AvgIpc) is 3.15. The Hall–Kier alpha value is -2.31. The number of nitrogens with zero attached hydrogens (tertiary/aromatic N) is 2. The molecule has 3 atom stereocenters. The molecule has 0 aliphatic carbocycles. The van der Waals surface area contributed by atoms with Crippen molar-refractivity contribution in [1.29, 1.82) is 0 Å². The molecule has 10 nitrogen and oxygen atoms in total. The highest BCUT2D eigenvalue weighted by molar-refractivity contribution is 7.89. The van der Waals surface area contributed by atoms with Crippen LogP contribution in [0.2, 0.25) is 0 Å². The maximum atomic E-state index is 12.2. The summed E-state index contributed by atoms with van der Waals surface area (Å²) in [5, 5.41) is 41.7. The SMILES string of the molecule is C/C(=N\NS(=O)(=O)c1ccc(C)cc1)c1ncc([C@@H](O)[C@H](O)[C@H](O)CO)[nH]1. The van der Waals surface area contributed by atoms with Crippen molar-refractivity contribution < 1.29 is 28.8 Å². The van der Waals surface area contributed by atoms with Gasteiger partial charge in [-0.3, -0.25) is 0 Å². The molecule has 0 radical (unpaired) electrons. The standard InChI is InChI=1S/C16H22N4O6S/c1-9-3-5-11(6-4-9)27(25,26)20-19-10(2)16-17-7-12(18-16)14(23)15(24)13(22)8-21/h3-7,13-15,20-24H,8H2,1-2H3,(H,17,18)/b19-10+/t13-,14-,15-/m1/s1. The van der Waals surface area contributed by atoms with Gasteiger partial charge in [-0.15, -0.1) is 0 Å². The maximum absolute atomic E-state index is 12.2. The molecule has 0 spiro atoms. The van der Waals surface area contributed by atoms with E-state index in [9.17, 15) is 23.7 Å². The fourth-order valence-electron chi connectivity index (χ4n) is 2.12. The van der Waals surface area contributed by atoms with Crippen LogP contribution >= 0.6 is 0 Å². The minimum absolute atomic E-state index is 0.0568. The van der Waals surface area contributed by atoms with E-state index < -0.39 is 34.9 Å². The summed E-state index contributed by atoms with van der Waals surface area (Å²) in [4.78, 5) is 8.78. The number of imidazole rings is 1. The van der Waals surface area contributed by atoms with Crippen molar-refractivity contribution in [2.24, 2.45) is 5.10 Å². The lowest BCUT2D eigenvalue weighted by Gasteiger charge is -2.20. The average molecular weight is 398 g/mol. The van der Waals surface area contributed by atoms with Gasteiger partial charge >= 0.3 is 0 Å². The number of aliphatic hydroxyl groups excluding tert-OH is 4. The number of rotatable bonds is 8. The van der Waals surface area contributed by atoms with Gasteiger partial charge in [0.05, 0.1) is 23.4 Å². The van der Waals surface area contributed by atoms with Crippen LogP contribution in [0.15, 0.2) is 40.5 Å². The van der Waals surface area contributed by atoms with Gasteiger partial charge in [-0.1, -0.05) is 17.7 Å². The summed E-state index contributed by atoms with van der Waals surface area (Å²) < 4.78 is 24.4. The van der Waals surface area contributed by atoms with Crippen LogP contribution in [0.4, 0.5) is 0 Å². The van der Waals surface area contributed by atoms with E-state index in [1.54, 1.807) is 12.1 Å².